The van der Waals surface area contributed by atoms with Gasteiger partial charge in [-0.2, -0.15) is 5.10 Å². The molecule has 3 rings (SSSR count). The van der Waals surface area contributed by atoms with Crippen molar-refractivity contribution in [3.05, 3.63) is 40.7 Å². The van der Waals surface area contributed by atoms with Crippen LogP contribution in [0, 0.1) is 0 Å². The fraction of sp³-hybridized carbons (Fsp3) is 0.133. The lowest BCUT2D eigenvalue weighted by atomic mass is 10.0. The minimum absolute atomic E-state index is 0.614. The number of ether oxygens (including phenoxy) is 1. The Morgan fingerprint density at radius 3 is 2.62 bits per heavy atom. The number of methoxy groups -OCH3 is 1. The number of hydrogen-bond donors (Lipinski definition) is 1. The zero-order chi connectivity index (χ0) is 15.0. The molecule has 0 fully saturated rings. The number of rotatable bonds is 3. The lowest BCUT2D eigenvalue weighted by Gasteiger charge is -2.05. The molecule has 1 aromatic carbocycles. The zero-order valence-electron chi connectivity index (χ0n) is 11.6. The summed E-state index contributed by atoms with van der Waals surface area (Å²) >= 11 is 7.54. The predicted molar refractivity (Wildman–Crippen MR) is 87.9 cm³/mol. The van der Waals surface area contributed by atoms with Gasteiger partial charge in [-0.3, -0.25) is 4.68 Å². The Kier molecular flexibility index (Phi) is 3.61. The molecule has 0 aliphatic heterocycles. The van der Waals surface area contributed by atoms with Gasteiger partial charge in [-0.05, 0) is 29.1 Å². The van der Waals surface area contributed by atoms with Crippen LogP contribution in [0.2, 0.25) is 5.02 Å². The van der Waals surface area contributed by atoms with Crippen molar-refractivity contribution in [2.45, 2.75) is 0 Å². The molecule has 3 aromatic rings. The van der Waals surface area contributed by atoms with Gasteiger partial charge >= 0.3 is 0 Å². The summed E-state index contributed by atoms with van der Waals surface area (Å²) in [6, 6.07) is 9.51. The molecular formula is C15H14ClN3OS. The Morgan fingerprint density at radius 1 is 1.24 bits per heavy atom. The third kappa shape index (κ3) is 2.39. The molecule has 0 radical (unpaired) electrons. The van der Waals surface area contributed by atoms with Gasteiger partial charge in [0.05, 0.1) is 17.6 Å². The Hall–Kier alpha value is -1.98. The molecular weight excluding hydrogens is 306 g/mol. The standard InChI is InChI=1S/C15H14ClN3OS/c1-19-15(17)12(9-3-5-10(16)6-4-9)13(18-19)14-11(20-2)7-8-21-14/h3-8H,17H2,1-2H3. The third-order valence-electron chi connectivity index (χ3n) is 3.29. The summed E-state index contributed by atoms with van der Waals surface area (Å²) in [7, 11) is 3.48. The lowest BCUT2D eigenvalue weighted by molar-refractivity contribution is 0.418. The van der Waals surface area contributed by atoms with Crippen LogP contribution >= 0.6 is 22.9 Å². The molecule has 21 heavy (non-hydrogen) atoms. The van der Waals surface area contributed by atoms with E-state index < -0.39 is 0 Å². The van der Waals surface area contributed by atoms with E-state index in [9.17, 15) is 0 Å². The van der Waals surface area contributed by atoms with E-state index in [0.717, 1.165) is 27.4 Å². The first kappa shape index (κ1) is 14.0. The number of nitrogens with two attached hydrogens (primary N) is 1. The van der Waals surface area contributed by atoms with Crippen LogP contribution in [-0.2, 0) is 7.05 Å². The Morgan fingerprint density at radius 2 is 1.95 bits per heavy atom. The lowest BCUT2D eigenvalue weighted by Crippen LogP contribution is -1.97. The van der Waals surface area contributed by atoms with Gasteiger partial charge in [-0.1, -0.05) is 23.7 Å². The van der Waals surface area contributed by atoms with Crippen molar-refractivity contribution in [3.63, 3.8) is 0 Å². The van der Waals surface area contributed by atoms with Crippen molar-refractivity contribution in [2.75, 3.05) is 12.8 Å². The largest absolute Gasteiger partial charge is 0.495 e. The Balaban J connectivity index is 2.23. The van der Waals surface area contributed by atoms with Gasteiger partial charge in [0, 0.05) is 12.1 Å². The van der Waals surface area contributed by atoms with E-state index in [1.807, 2.05) is 42.8 Å². The van der Waals surface area contributed by atoms with Crippen molar-refractivity contribution in [3.8, 4) is 27.4 Å². The first-order chi connectivity index (χ1) is 10.1. The number of aryl methyl sites for hydroxylation is 1. The molecule has 2 N–H and O–H groups in total. The van der Waals surface area contributed by atoms with E-state index in [0.29, 0.717) is 10.8 Å². The van der Waals surface area contributed by atoms with Crippen LogP contribution in [0.5, 0.6) is 5.75 Å². The molecule has 6 heteroatoms. The van der Waals surface area contributed by atoms with Crippen LogP contribution in [0.25, 0.3) is 21.7 Å². The van der Waals surface area contributed by atoms with Crippen LogP contribution < -0.4 is 10.5 Å². The molecule has 0 spiro atoms. The van der Waals surface area contributed by atoms with E-state index in [1.54, 1.807) is 23.1 Å². The summed E-state index contributed by atoms with van der Waals surface area (Å²) in [4.78, 5) is 0.967. The van der Waals surface area contributed by atoms with Gasteiger partial charge in [0.25, 0.3) is 0 Å². The molecule has 0 amide bonds. The summed E-state index contributed by atoms with van der Waals surface area (Å²) in [5.74, 6) is 1.41. The minimum atomic E-state index is 0.614. The van der Waals surface area contributed by atoms with Gasteiger partial charge in [-0.15, -0.1) is 11.3 Å². The molecule has 0 aliphatic carbocycles. The van der Waals surface area contributed by atoms with Crippen LogP contribution in [0.15, 0.2) is 35.7 Å². The highest BCUT2D eigenvalue weighted by Gasteiger charge is 2.21. The number of anilines is 1. The summed E-state index contributed by atoms with van der Waals surface area (Å²) in [6.07, 6.45) is 0. The topological polar surface area (TPSA) is 53.1 Å². The highest BCUT2D eigenvalue weighted by molar-refractivity contribution is 7.14. The fourth-order valence-corrected chi connectivity index (χ4v) is 3.20. The van der Waals surface area contributed by atoms with Gasteiger partial charge in [0.2, 0.25) is 0 Å². The summed E-state index contributed by atoms with van der Waals surface area (Å²) in [5, 5.41) is 7.22. The minimum Gasteiger partial charge on any atom is -0.495 e. The molecule has 2 aromatic heterocycles. The first-order valence-corrected chi connectivity index (χ1v) is 7.58. The second kappa shape index (κ2) is 5.42. The van der Waals surface area contributed by atoms with E-state index >= 15 is 0 Å². The smallest absolute Gasteiger partial charge is 0.139 e. The number of halogens is 1. The monoisotopic (exact) mass is 319 g/mol. The number of nitrogen functional groups attached to an aromatic ring is 1. The molecule has 108 valence electrons. The quantitative estimate of drug-likeness (QED) is 0.792. The molecule has 0 aliphatic rings. The normalized spacial score (nSPS) is 10.8. The second-order valence-electron chi connectivity index (χ2n) is 4.56. The van der Waals surface area contributed by atoms with Crippen LogP contribution in [-0.4, -0.2) is 16.9 Å². The van der Waals surface area contributed by atoms with E-state index in [1.165, 1.54) is 0 Å². The van der Waals surface area contributed by atoms with Crippen molar-refractivity contribution in [2.24, 2.45) is 7.05 Å². The summed E-state index contributed by atoms with van der Waals surface area (Å²) < 4.78 is 7.08. The molecule has 0 saturated carbocycles. The number of nitrogens with zero attached hydrogens (tertiary/aromatic N) is 2. The maximum absolute atomic E-state index is 6.20. The number of thiophene rings is 1. The Labute approximate surface area is 131 Å². The van der Waals surface area contributed by atoms with Crippen LogP contribution in [0.4, 0.5) is 5.82 Å². The highest BCUT2D eigenvalue weighted by atomic mass is 35.5. The molecule has 2 heterocycles. The van der Waals surface area contributed by atoms with Gasteiger partial charge in [0.1, 0.15) is 17.3 Å². The average molecular weight is 320 g/mol. The Bertz CT molecular complexity index is 777. The maximum Gasteiger partial charge on any atom is 0.139 e. The van der Waals surface area contributed by atoms with Crippen molar-refractivity contribution < 1.29 is 4.74 Å². The number of hydrogen-bond acceptors (Lipinski definition) is 4. The number of benzene rings is 1. The van der Waals surface area contributed by atoms with Crippen molar-refractivity contribution >= 4 is 28.8 Å². The van der Waals surface area contributed by atoms with Crippen molar-refractivity contribution in [1.82, 2.24) is 9.78 Å². The average Bonchev–Trinajstić information content (AvgIpc) is 3.06. The van der Waals surface area contributed by atoms with E-state index in [4.69, 9.17) is 22.1 Å². The maximum atomic E-state index is 6.20. The third-order valence-corrected chi connectivity index (χ3v) is 4.44. The predicted octanol–water partition coefficient (Wildman–Crippen LogP) is 4.06. The summed E-state index contributed by atoms with van der Waals surface area (Å²) in [6.45, 7) is 0. The van der Waals surface area contributed by atoms with E-state index in [-0.39, 0.29) is 0 Å². The second-order valence-corrected chi connectivity index (χ2v) is 5.91. The van der Waals surface area contributed by atoms with Crippen LogP contribution in [0.3, 0.4) is 0 Å². The van der Waals surface area contributed by atoms with Gasteiger partial charge < -0.3 is 10.5 Å². The first-order valence-electron chi connectivity index (χ1n) is 6.32. The van der Waals surface area contributed by atoms with Gasteiger partial charge in [0.15, 0.2) is 0 Å². The van der Waals surface area contributed by atoms with E-state index in [2.05, 4.69) is 5.10 Å². The zero-order valence-corrected chi connectivity index (χ0v) is 13.2. The molecule has 0 bridgehead atoms. The SMILES string of the molecule is COc1ccsc1-c1nn(C)c(N)c1-c1ccc(Cl)cc1. The number of aromatic nitrogens is 2. The molecule has 0 saturated heterocycles. The highest BCUT2D eigenvalue weighted by Crippen LogP contribution is 2.42. The van der Waals surface area contributed by atoms with Crippen LogP contribution in [0.1, 0.15) is 0 Å². The molecule has 0 atom stereocenters. The molecule has 0 unspecified atom stereocenters. The summed E-state index contributed by atoms with van der Waals surface area (Å²) in [5.41, 5.74) is 8.91. The van der Waals surface area contributed by atoms with Crippen molar-refractivity contribution in [1.29, 1.82) is 0 Å². The fourth-order valence-electron chi connectivity index (χ4n) is 2.23. The van der Waals surface area contributed by atoms with Gasteiger partial charge in [-0.25, -0.2) is 0 Å². The molecule has 4 nitrogen and oxygen atoms in total.